The van der Waals surface area contributed by atoms with E-state index in [1.54, 1.807) is 13.1 Å². The van der Waals surface area contributed by atoms with Crippen molar-refractivity contribution in [3.63, 3.8) is 0 Å². The average molecular weight is 563 g/mol. The van der Waals surface area contributed by atoms with Gasteiger partial charge in [-0.2, -0.15) is 18.3 Å². The summed E-state index contributed by atoms with van der Waals surface area (Å²) in [5.41, 5.74) is 0.798. The van der Waals surface area contributed by atoms with E-state index in [0.29, 0.717) is 43.8 Å². The number of aliphatic imine (C=N–C) groups is 1. The van der Waals surface area contributed by atoms with Gasteiger partial charge in [0.15, 0.2) is 5.96 Å². The highest BCUT2D eigenvalue weighted by Gasteiger charge is 2.32. The quantitative estimate of drug-likeness (QED) is 0.331. The minimum atomic E-state index is -4.37. The zero-order chi connectivity index (χ0) is 21.8. The molecule has 2 aromatic rings. The lowest BCUT2D eigenvalue weighted by Crippen LogP contribution is -2.48. The lowest BCUT2D eigenvalue weighted by atomic mass is 10.0. The molecular formula is C22H29F3IN5O. The van der Waals surface area contributed by atoms with Crippen LogP contribution in [0.2, 0.25) is 0 Å². The predicted molar refractivity (Wildman–Crippen MR) is 127 cm³/mol. The third-order valence-electron chi connectivity index (χ3n) is 5.95. The lowest BCUT2D eigenvalue weighted by Gasteiger charge is -2.35. The number of hydrogen-bond donors (Lipinski definition) is 1. The number of ether oxygens (including phenoxy) is 1. The molecule has 4 rings (SSSR count). The van der Waals surface area contributed by atoms with Crippen LogP contribution >= 0.6 is 24.0 Å². The molecule has 1 saturated carbocycles. The van der Waals surface area contributed by atoms with Gasteiger partial charge in [-0.05, 0) is 36.6 Å². The number of aromatic nitrogens is 2. The van der Waals surface area contributed by atoms with Gasteiger partial charge >= 0.3 is 6.18 Å². The van der Waals surface area contributed by atoms with Crippen LogP contribution in [0.15, 0.2) is 41.5 Å². The molecule has 0 amide bonds. The fourth-order valence-corrected chi connectivity index (χ4v) is 4.30. The summed E-state index contributed by atoms with van der Waals surface area (Å²) < 4.78 is 47.0. The van der Waals surface area contributed by atoms with Gasteiger partial charge in [-0.1, -0.05) is 25.0 Å². The molecule has 1 aromatic carbocycles. The Hall–Kier alpha value is -1.82. The van der Waals surface area contributed by atoms with E-state index in [4.69, 9.17) is 4.74 Å². The molecule has 2 fully saturated rings. The van der Waals surface area contributed by atoms with Crippen LogP contribution < -0.4 is 5.32 Å². The number of halogens is 4. The van der Waals surface area contributed by atoms with Crippen LogP contribution in [0.1, 0.15) is 54.6 Å². The number of alkyl halides is 3. The Morgan fingerprint density at radius 3 is 2.75 bits per heavy atom. The smallest absolute Gasteiger partial charge is 0.370 e. The average Bonchev–Trinajstić information content (AvgIpc) is 3.46. The second-order valence-electron chi connectivity index (χ2n) is 8.05. The highest BCUT2D eigenvalue weighted by atomic mass is 127. The number of nitrogens with one attached hydrogen (secondary N) is 1. The maximum absolute atomic E-state index is 13.1. The molecule has 6 nitrogen and oxygen atoms in total. The fraction of sp³-hybridized carbons (Fsp3) is 0.545. The molecule has 0 radical (unpaired) electrons. The van der Waals surface area contributed by atoms with Crippen molar-refractivity contribution >= 4 is 29.9 Å². The van der Waals surface area contributed by atoms with Crippen molar-refractivity contribution in [1.82, 2.24) is 20.0 Å². The highest BCUT2D eigenvalue weighted by molar-refractivity contribution is 14.0. The third-order valence-corrected chi connectivity index (χ3v) is 5.95. The molecule has 1 unspecified atom stereocenters. The molecule has 1 atom stereocenters. The monoisotopic (exact) mass is 563 g/mol. The first kappa shape index (κ1) is 24.8. The van der Waals surface area contributed by atoms with Crippen molar-refractivity contribution in [3.05, 3.63) is 53.3 Å². The standard InChI is InChI=1S/C22H28F3N5O.HI/c1-26-21(27-14-18-9-10-30(28-18)19-7-2-3-8-19)29-11-12-31-20(15-29)16-5-4-6-17(13-16)22(23,24)25;/h4-6,9-10,13,19-20H,2-3,7-8,11-12,14-15H2,1H3,(H,26,27);1H. The van der Waals surface area contributed by atoms with Crippen molar-refractivity contribution < 1.29 is 17.9 Å². The Bertz CT molecular complexity index is 911. The number of morpholine rings is 1. The van der Waals surface area contributed by atoms with Gasteiger partial charge in [0, 0.05) is 19.8 Å². The summed E-state index contributed by atoms with van der Waals surface area (Å²) in [6.07, 6.45) is 2.10. The van der Waals surface area contributed by atoms with Crippen molar-refractivity contribution in [2.75, 3.05) is 26.7 Å². The molecule has 1 N–H and O–H groups in total. The normalized spacial score (nSPS) is 20.3. The van der Waals surface area contributed by atoms with E-state index in [-0.39, 0.29) is 24.0 Å². The van der Waals surface area contributed by atoms with Gasteiger partial charge in [0.05, 0.1) is 37.0 Å². The van der Waals surface area contributed by atoms with Gasteiger partial charge in [0.1, 0.15) is 6.10 Å². The fourth-order valence-electron chi connectivity index (χ4n) is 4.30. The van der Waals surface area contributed by atoms with Gasteiger partial charge in [0.2, 0.25) is 0 Å². The summed E-state index contributed by atoms with van der Waals surface area (Å²) in [7, 11) is 1.70. The third kappa shape index (κ3) is 5.94. The molecule has 2 aliphatic rings. The zero-order valence-electron chi connectivity index (χ0n) is 18.0. The first-order valence-corrected chi connectivity index (χ1v) is 10.7. The molecule has 1 aliphatic heterocycles. The number of benzene rings is 1. The van der Waals surface area contributed by atoms with E-state index in [0.717, 1.165) is 11.8 Å². The van der Waals surface area contributed by atoms with Gasteiger partial charge < -0.3 is 15.0 Å². The zero-order valence-corrected chi connectivity index (χ0v) is 20.3. The summed E-state index contributed by atoms with van der Waals surface area (Å²) in [4.78, 5) is 6.37. The first-order valence-electron chi connectivity index (χ1n) is 10.7. The highest BCUT2D eigenvalue weighted by Crippen LogP contribution is 2.32. The lowest BCUT2D eigenvalue weighted by molar-refractivity contribution is -0.137. The van der Waals surface area contributed by atoms with E-state index in [1.165, 1.54) is 37.8 Å². The van der Waals surface area contributed by atoms with Crippen molar-refractivity contribution in [3.8, 4) is 0 Å². The number of rotatable bonds is 4. The predicted octanol–water partition coefficient (Wildman–Crippen LogP) is 4.78. The maximum Gasteiger partial charge on any atom is 0.416 e. The van der Waals surface area contributed by atoms with E-state index < -0.39 is 17.8 Å². The van der Waals surface area contributed by atoms with Crippen LogP contribution in [0.4, 0.5) is 13.2 Å². The minimum Gasteiger partial charge on any atom is -0.370 e. The molecule has 32 heavy (non-hydrogen) atoms. The SMILES string of the molecule is CN=C(NCc1ccn(C2CCCC2)n1)N1CCOC(c2cccc(C(F)(F)F)c2)C1.I. The van der Waals surface area contributed by atoms with Gasteiger partial charge in [0.25, 0.3) is 0 Å². The van der Waals surface area contributed by atoms with Crippen molar-refractivity contribution in [2.45, 2.75) is 50.6 Å². The van der Waals surface area contributed by atoms with Crippen molar-refractivity contribution in [2.24, 2.45) is 4.99 Å². The summed E-state index contributed by atoms with van der Waals surface area (Å²) >= 11 is 0. The Kier molecular flexibility index (Phi) is 8.43. The largest absolute Gasteiger partial charge is 0.416 e. The molecule has 2 heterocycles. The molecule has 1 aromatic heterocycles. The summed E-state index contributed by atoms with van der Waals surface area (Å²) in [5.74, 6) is 0.690. The summed E-state index contributed by atoms with van der Waals surface area (Å²) in [6, 6.07) is 7.86. The first-order chi connectivity index (χ1) is 14.9. The van der Waals surface area contributed by atoms with Crippen LogP contribution in [0, 0.1) is 0 Å². The molecule has 1 saturated heterocycles. The van der Waals surface area contributed by atoms with Gasteiger partial charge in [-0.15, -0.1) is 24.0 Å². The maximum atomic E-state index is 13.1. The second kappa shape index (κ2) is 10.9. The topological polar surface area (TPSA) is 54.7 Å². The molecule has 1 aliphatic carbocycles. The van der Waals surface area contributed by atoms with E-state index >= 15 is 0 Å². The van der Waals surface area contributed by atoms with E-state index in [1.807, 2.05) is 17.2 Å². The Balaban J connectivity index is 0.00000289. The van der Waals surface area contributed by atoms with Crippen LogP contribution in [0.3, 0.4) is 0 Å². The van der Waals surface area contributed by atoms with E-state index in [9.17, 15) is 13.2 Å². The van der Waals surface area contributed by atoms with Crippen LogP contribution in [0.5, 0.6) is 0 Å². The molecular weight excluding hydrogens is 534 g/mol. The number of guanidine groups is 1. The minimum absolute atomic E-state index is 0. The second-order valence-corrected chi connectivity index (χ2v) is 8.05. The van der Waals surface area contributed by atoms with Crippen LogP contribution in [-0.4, -0.2) is 47.4 Å². The molecule has 0 spiro atoms. The molecule has 0 bridgehead atoms. The van der Waals surface area contributed by atoms with Gasteiger partial charge in [-0.3, -0.25) is 9.67 Å². The van der Waals surface area contributed by atoms with Gasteiger partial charge in [-0.25, -0.2) is 0 Å². The molecule has 10 heteroatoms. The Morgan fingerprint density at radius 2 is 2.03 bits per heavy atom. The number of nitrogens with zero attached hydrogens (tertiary/aromatic N) is 4. The summed E-state index contributed by atoms with van der Waals surface area (Å²) in [5, 5.41) is 8.02. The summed E-state index contributed by atoms with van der Waals surface area (Å²) in [6.45, 7) is 2.00. The number of hydrogen-bond acceptors (Lipinski definition) is 3. The van der Waals surface area contributed by atoms with Crippen LogP contribution in [-0.2, 0) is 17.5 Å². The van der Waals surface area contributed by atoms with Crippen molar-refractivity contribution in [1.29, 1.82) is 0 Å². The Morgan fingerprint density at radius 1 is 1.25 bits per heavy atom. The van der Waals surface area contributed by atoms with E-state index in [2.05, 4.69) is 20.1 Å². The molecule has 176 valence electrons. The Labute approximate surface area is 203 Å². The van der Waals surface area contributed by atoms with Crippen LogP contribution in [0.25, 0.3) is 0 Å².